The lowest BCUT2D eigenvalue weighted by Crippen LogP contribution is -2.19. The lowest BCUT2D eigenvalue weighted by atomic mass is 10.3. The van der Waals surface area contributed by atoms with Crippen molar-refractivity contribution in [1.82, 2.24) is 44.2 Å². The number of rotatable bonds is 5. The molecule has 1 unspecified atom stereocenters. The third kappa shape index (κ3) is 3.92. The number of thiazole rings is 1. The normalized spacial score (nSPS) is 13.6. The predicted octanol–water partition coefficient (Wildman–Crippen LogP) is 2.09. The summed E-state index contributed by atoms with van der Waals surface area (Å²) >= 11 is 1.29. The van der Waals surface area contributed by atoms with E-state index in [1.807, 2.05) is 13.0 Å². The Bertz CT molecular complexity index is 1260. The molecule has 0 bridgehead atoms. The van der Waals surface area contributed by atoms with Crippen LogP contribution in [0.25, 0.3) is 28.9 Å². The lowest BCUT2D eigenvalue weighted by molar-refractivity contribution is 0.598. The van der Waals surface area contributed by atoms with Crippen molar-refractivity contribution in [1.29, 1.82) is 0 Å². The molecule has 4 rings (SSSR count). The number of aromatic amines is 1. The highest BCUT2D eigenvalue weighted by molar-refractivity contribution is 7.90. The van der Waals surface area contributed by atoms with Crippen molar-refractivity contribution >= 4 is 26.4 Å². The molecule has 150 valence electrons. The van der Waals surface area contributed by atoms with Crippen molar-refractivity contribution in [2.24, 2.45) is 4.36 Å². The van der Waals surface area contributed by atoms with E-state index in [0.29, 0.717) is 28.3 Å². The minimum Gasteiger partial charge on any atom is -0.262 e. The van der Waals surface area contributed by atoms with Gasteiger partial charge >= 0.3 is 0 Å². The van der Waals surface area contributed by atoms with Crippen molar-refractivity contribution in [3.63, 3.8) is 0 Å². The van der Waals surface area contributed by atoms with Crippen LogP contribution in [-0.4, -0.2) is 68.8 Å². The molecule has 0 saturated heterocycles. The molecular formula is C16H18N10OS2. The number of hydrogen-bond acceptors (Lipinski definition) is 9. The Hall–Kier alpha value is -3.03. The second-order valence-electron chi connectivity index (χ2n) is 6.41. The minimum absolute atomic E-state index is 0.373. The second-order valence-corrected chi connectivity index (χ2v) is 9.68. The van der Waals surface area contributed by atoms with Crippen LogP contribution >= 0.6 is 11.3 Å². The molecule has 4 aromatic rings. The fourth-order valence-electron chi connectivity index (χ4n) is 2.36. The van der Waals surface area contributed by atoms with E-state index < -0.39 is 9.92 Å². The summed E-state index contributed by atoms with van der Waals surface area (Å²) in [7, 11) is 0.889. The number of hydrogen-bond donors (Lipinski definition) is 1. The van der Waals surface area contributed by atoms with Gasteiger partial charge in [0.05, 0.1) is 11.9 Å². The first-order valence-electron chi connectivity index (χ1n) is 8.44. The van der Waals surface area contributed by atoms with Gasteiger partial charge in [-0.15, -0.1) is 16.4 Å². The third-order valence-electron chi connectivity index (χ3n) is 3.99. The van der Waals surface area contributed by atoms with Crippen LogP contribution in [0.3, 0.4) is 0 Å². The minimum atomic E-state index is -2.54. The van der Waals surface area contributed by atoms with Gasteiger partial charge in [-0.3, -0.25) is 10.1 Å². The Morgan fingerprint density at radius 2 is 2.10 bits per heavy atom. The van der Waals surface area contributed by atoms with Crippen LogP contribution in [0.2, 0.25) is 0 Å². The van der Waals surface area contributed by atoms with Gasteiger partial charge in [0, 0.05) is 31.9 Å². The van der Waals surface area contributed by atoms with Crippen LogP contribution in [0.1, 0.15) is 5.56 Å². The summed E-state index contributed by atoms with van der Waals surface area (Å²) in [6, 6.07) is 1.94. The van der Waals surface area contributed by atoms with Crippen LogP contribution in [0.4, 0.5) is 5.13 Å². The summed E-state index contributed by atoms with van der Waals surface area (Å²) in [5, 5.41) is 13.4. The number of pyridine rings is 1. The average molecular weight is 431 g/mol. The van der Waals surface area contributed by atoms with Gasteiger partial charge in [0.2, 0.25) is 11.0 Å². The average Bonchev–Trinajstić information content (AvgIpc) is 3.41. The molecule has 1 N–H and O–H groups in total. The van der Waals surface area contributed by atoms with Gasteiger partial charge in [-0.2, -0.15) is 9.46 Å². The molecule has 0 aliphatic heterocycles. The first-order chi connectivity index (χ1) is 13.8. The first kappa shape index (κ1) is 19.3. The van der Waals surface area contributed by atoms with Crippen LogP contribution in [-0.2, 0) is 9.92 Å². The quantitative estimate of drug-likeness (QED) is 0.513. The molecule has 29 heavy (non-hydrogen) atoms. The van der Waals surface area contributed by atoms with E-state index in [4.69, 9.17) is 0 Å². The zero-order valence-electron chi connectivity index (χ0n) is 16.1. The molecule has 1 atom stereocenters. The van der Waals surface area contributed by atoms with Gasteiger partial charge in [0.1, 0.15) is 21.9 Å². The molecule has 0 aliphatic rings. The number of H-pyrrole nitrogens is 1. The Balaban J connectivity index is 1.84. The van der Waals surface area contributed by atoms with Gasteiger partial charge in [0.15, 0.2) is 11.6 Å². The maximum Gasteiger partial charge on any atom is 0.219 e. The van der Waals surface area contributed by atoms with Crippen molar-refractivity contribution in [3.8, 4) is 28.9 Å². The largest absolute Gasteiger partial charge is 0.262 e. The maximum absolute atomic E-state index is 12.6. The molecule has 0 radical (unpaired) electrons. The van der Waals surface area contributed by atoms with Crippen molar-refractivity contribution in [2.75, 3.05) is 20.4 Å². The van der Waals surface area contributed by atoms with E-state index in [9.17, 15) is 4.21 Å². The first-order valence-corrected chi connectivity index (χ1v) is 11.2. The zero-order chi connectivity index (χ0) is 20.6. The number of nitrogens with zero attached hydrogens (tertiary/aromatic N) is 9. The Morgan fingerprint density at radius 1 is 1.28 bits per heavy atom. The molecule has 4 heterocycles. The molecule has 0 aliphatic carbocycles. The Kier molecular flexibility index (Phi) is 4.94. The van der Waals surface area contributed by atoms with E-state index in [-0.39, 0.29) is 0 Å². The highest BCUT2D eigenvalue weighted by Gasteiger charge is 2.19. The van der Waals surface area contributed by atoms with Crippen LogP contribution in [0.15, 0.2) is 34.5 Å². The standard InChI is InChI=1S/C16H18N10OS2/c1-10-5-11(7-17-6-10)26-15(21-14(23-26)13-18-9-19-22-13)12-8-28-16(20-12)24-29(4,27)25(2)3/h5-9H,1-4H3,(H,18,19,22). The summed E-state index contributed by atoms with van der Waals surface area (Å²) in [6.07, 6.45) is 6.41. The molecule has 13 heteroatoms. The summed E-state index contributed by atoms with van der Waals surface area (Å²) in [5.74, 6) is 1.31. The number of nitrogens with one attached hydrogen (secondary N) is 1. The molecule has 0 fully saturated rings. The number of aryl methyl sites for hydroxylation is 1. The van der Waals surface area contributed by atoms with Gasteiger partial charge in [-0.05, 0) is 18.6 Å². The molecule has 4 aromatic heterocycles. The van der Waals surface area contributed by atoms with Gasteiger partial charge in [-0.25, -0.2) is 28.1 Å². The van der Waals surface area contributed by atoms with Gasteiger partial charge in [0.25, 0.3) is 0 Å². The topological polar surface area (TPSA) is 131 Å². The fraction of sp³-hybridized carbons (Fsp3) is 0.250. The monoisotopic (exact) mass is 430 g/mol. The molecule has 0 aromatic carbocycles. The van der Waals surface area contributed by atoms with Gasteiger partial charge in [-0.1, -0.05) is 0 Å². The highest BCUT2D eigenvalue weighted by Crippen LogP contribution is 2.29. The van der Waals surface area contributed by atoms with Crippen LogP contribution in [0.5, 0.6) is 0 Å². The SMILES string of the molecule is Cc1cncc(-n2nc(-c3ncn[nH]3)nc2-c2csc(N=S(C)(=O)N(C)C)n2)c1. The smallest absolute Gasteiger partial charge is 0.219 e. The van der Waals surface area contributed by atoms with Crippen molar-refractivity contribution < 1.29 is 4.21 Å². The summed E-state index contributed by atoms with van der Waals surface area (Å²) in [4.78, 5) is 17.4. The van der Waals surface area contributed by atoms with E-state index in [1.54, 1.807) is 47.1 Å². The van der Waals surface area contributed by atoms with Gasteiger partial charge < -0.3 is 0 Å². The molecule has 0 amide bonds. The van der Waals surface area contributed by atoms with Crippen molar-refractivity contribution in [2.45, 2.75) is 6.92 Å². The summed E-state index contributed by atoms with van der Waals surface area (Å²) in [6.45, 7) is 1.95. The lowest BCUT2D eigenvalue weighted by Gasteiger charge is -2.10. The third-order valence-corrected chi connectivity index (χ3v) is 6.70. The zero-order valence-corrected chi connectivity index (χ0v) is 17.8. The van der Waals surface area contributed by atoms with E-state index in [0.717, 1.165) is 11.3 Å². The highest BCUT2D eigenvalue weighted by atomic mass is 32.2. The summed E-state index contributed by atoms with van der Waals surface area (Å²) < 4.78 is 20.0. The molecular weight excluding hydrogens is 412 g/mol. The van der Waals surface area contributed by atoms with E-state index in [1.165, 1.54) is 17.7 Å². The molecule has 0 saturated carbocycles. The molecule has 11 nitrogen and oxygen atoms in total. The predicted molar refractivity (Wildman–Crippen MR) is 110 cm³/mol. The Morgan fingerprint density at radius 3 is 2.79 bits per heavy atom. The fourth-order valence-corrected chi connectivity index (χ4v) is 3.97. The van der Waals surface area contributed by atoms with Crippen molar-refractivity contribution in [3.05, 3.63) is 35.7 Å². The van der Waals surface area contributed by atoms with E-state index >= 15 is 0 Å². The molecule has 0 spiro atoms. The summed E-state index contributed by atoms with van der Waals surface area (Å²) in [5.41, 5.74) is 2.27. The Labute approximate surface area is 171 Å². The van der Waals surface area contributed by atoms with Crippen LogP contribution < -0.4 is 0 Å². The van der Waals surface area contributed by atoms with E-state index in [2.05, 4.69) is 39.6 Å². The maximum atomic E-state index is 12.6. The van der Waals surface area contributed by atoms with Crippen LogP contribution in [0, 0.1) is 6.92 Å². The number of aromatic nitrogens is 8. The second kappa shape index (κ2) is 7.42.